The van der Waals surface area contributed by atoms with Gasteiger partial charge in [-0.2, -0.15) is 11.8 Å². The van der Waals surface area contributed by atoms with Gasteiger partial charge in [0.15, 0.2) is 5.78 Å². The van der Waals surface area contributed by atoms with Crippen molar-refractivity contribution in [1.82, 2.24) is 0 Å². The SMILES string of the molecule is CCOC(=O)[C@H](N)C1(C(=O)[C@@H](N)CSCc2ccccc2)C=CC=CC1. The van der Waals surface area contributed by atoms with Gasteiger partial charge >= 0.3 is 5.97 Å². The average Bonchev–Trinajstić information content (AvgIpc) is 2.68. The number of ether oxygens (including phenoxy) is 1. The van der Waals surface area contributed by atoms with Crippen LogP contribution in [0.1, 0.15) is 18.9 Å². The van der Waals surface area contributed by atoms with Crippen LogP contribution in [0.3, 0.4) is 0 Å². The lowest BCUT2D eigenvalue weighted by Crippen LogP contribution is -2.56. The van der Waals surface area contributed by atoms with Crippen molar-refractivity contribution in [1.29, 1.82) is 0 Å². The Kier molecular flexibility index (Phi) is 7.63. The minimum Gasteiger partial charge on any atom is -0.465 e. The number of thioether (sulfide) groups is 1. The van der Waals surface area contributed by atoms with Crippen LogP contribution < -0.4 is 11.5 Å². The minimum absolute atomic E-state index is 0.218. The number of esters is 1. The van der Waals surface area contributed by atoms with Gasteiger partial charge < -0.3 is 16.2 Å². The number of rotatable bonds is 9. The van der Waals surface area contributed by atoms with Gasteiger partial charge in [0.25, 0.3) is 0 Å². The van der Waals surface area contributed by atoms with E-state index in [2.05, 4.69) is 0 Å². The van der Waals surface area contributed by atoms with Crippen molar-refractivity contribution in [3.63, 3.8) is 0 Å². The maximum atomic E-state index is 13.1. The van der Waals surface area contributed by atoms with Gasteiger partial charge in [0, 0.05) is 11.5 Å². The highest BCUT2D eigenvalue weighted by Gasteiger charge is 2.47. The molecule has 4 N–H and O–H groups in total. The van der Waals surface area contributed by atoms with E-state index in [1.165, 1.54) is 5.56 Å². The molecule has 140 valence electrons. The van der Waals surface area contributed by atoms with Crippen LogP contribution in [0.25, 0.3) is 0 Å². The smallest absolute Gasteiger partial charge is 0.324 e. The molecule has 1 aromatic rings. The Morgan fingerprint density at radius 1 is 1.23 bits per heavy atom. The van der Waals surface area contributed by atoms with Gasteiger partial charge in [-0.3, -0.25) is 9.59 Å². The second-order valence-corrected chi connectivity index (χ2v) is 7.26. The lowest BCUT2D eigenvalue weighted by Gasteiger charge is -2.35. The molecule has 0 amide bonds. The summed E-state index contributed by atoms with van der Waals surface area (Å²) in [5, 5.41) is 0. The van der Waals surface area contributed by atoms with Crippen molar-refractivity contribution in [2.24, 2.45) is 16.9 Å². The number of carbonyl (C=O) groups is 2. The maximum Gasteiger partial charge on any atom is 0.324 e. The standard InChI is InChI=1S/C20H26N2O3S/c1-2-25-19(24)17(22)20(11-7-4-8-12-20)18(23)16(21)14-26-13-15-9-5-3-6-10-15/h3-11,16-17H,2,12-14,21-22H2,1H3/t16-,17-,20?/m0/s1. The lowest BCUT2D eigenvalue weighted by atomic mass is 9.70. The monoisotopic (exact) mass is 374 g/mol. The topological polar surface area (TPSA) is 95.4 Å². The zero-order valence-corrected chi connectivity index (χ0v) is 15.8. The van der Waals surface area contributed by atoms with Gasteiger partial charge in [0.1, 0.15) is 6.04 Å². The van der Waals surface area contributed by atoms with E-state index >= 15 is 0 Å². The molecule has 3 atom stereocenters. The molecular weight excluding hydrogens is 348 g/mol. The van der Waals surface area contributed by atoms with Crippen LogP contribution in [0.4, 0.5) is 0 Å². The summed E-state index contributed by atoms with van der Waals surface area (Å²) in [5.74, 6) is 0.431. The Morgan fingerprint density at radius 3 is 2.58 bits per heavy atom. The summed E-state index contributed by atoms with van der Waals surface area (Å²) in [7, 11) is 0. The number of ketones is 1. The van der Waals surface area contributed by atoms with Crippen LogP contribution in [0.2, 0.25) is 0 Å². The first-order valence-corrected chi connectivity index (χ1v) is 9.85. The molecule has 0 fully saturated rings. The fourth-order valence-corrected chi connectivity index (χ4v) is 3.90. The minimum atomic E-state index is -1.15. The number of nitrogens with two attached hydrogens (primary N) is 2. The van der Waals surface area contributed by atoms with E-state index < -0.39 is 23.5 Å². The third kappa shape index (κ3) is 4.84. The van der Waals surface area contributed by atoms with Gasteiger partial charge in [0.05, 0.1) is 18.1 Å². The first kappa shape index (κ1) is 20.4. The zero-order chi connectivity index (χ0) is 19.0. The third-order valence-electron chi connectivity index (χ3n) is 4.40. The predicted octanol–water partition coefficient (Wildman–Crippen LogP) is 2.21. The van der Waals surface area contributed by atoms with Crippen molar-refractivity contribution < 1.29 is 14.3 Å². The van der Waals surface area contributed by atoms with Crippen molar-refractivity contribution in [3.8, 4) is 0 Å². The molecule has 6 heteroatoms. The molecular formula is C20H26N2O3S. The van der Waals surface area contributed by atoms with Crippen molar-refractivity contribution in [2.45, 2.75) is 31.2 Å². The first-order valence-electron chi connectivity index (χ1n) is 8.69. The Labute approximate surface area is 158 Å². The molecule has 0 aromatic heterocycles. The molecule has 0 spiro atoms. The summed E-state index contributed by atoms with van der Waals surface area (Å²) in [6, 6.07) is 8.22. The molecule has 0 bridgehead atoms. The Bertz CT molecular complexity index is 675. The van der Waals surface area contributed by atoms with Crippen LogP contribution >= 0.6 is 11.8 Å². The summed E-state index contributed by atoms with van der Waals surface area (Å²) in [5.41, 5.74) is 12.3. The highest BCUT2D eigenvalue weighted by molar-refractivity contribution is 7.98. The van der Waals surface area contributed by atoms with Gasteiger partial charge in [-0.25, -0.2) is 0 Å². The number of allylic oxidation sites excluding steroid dienone is 3. The second-order valence-electron chi connectivity index (χ2n) is 6.23. The Hall–Kier alpha value is -1.89. The summed E-state index contributed by atoms with van der Waals surface area (Å²) in [6.07, 6.45) is 7.45. The molecule has 1 aromatic carbocycles. The highest BCUT2D eigenvalue weighted by atomic mass is 32.2. The molecule has 5 nitrogen and oxygen atoms in total. The molecule has 0 saturated heterocycles. The second kappa shape index (κ2) is 9.71. The molecule has 0 saturated carbocycles. The molecule has 1 unspecified atom stereocenters. The number of hydrogen-bond donors (Lipinski definition) is 2. The number of Topliss-reactive ketones (excluding diaryl/α,β-unsaturated/α-hetero) is 1. The maximum absolute atomic E-state index is 13.1. The third-order valence-corrected chi connectivity index (χ3v) is 5.53. The average molecular weight is 375 g/mol. The number of hydrogen-bond acceptors (Lipinski definition) is 6. The first-order chi connectivity index (χ1) is 12.5. The van der Waals surface area contributed by atoms with Crippen LogP contribution in [0.15, 0.2) is 54.6 Å². The molecule has 2 rings (SSSR count). The summed E-state index contributed by atoms with van der Waals surface area (Å²) in [6.45, 7) is 1.93. The molecule has 0 radical (unpaired) electrons. The lowest BCUT2D eigenvalue weighted by molar-refractivity contribution is -0.150. The van der Waals surface area contributed by atoms with Gasteiger partial charge in [-0.1, -0.05) is 54.6 Å². The largest absolute Gasteiger partial charge is 0.465 e. The van der Waals surface area contributed by atoms with E-state index in [4.69, 9.17) is 16.2 Å². The van der Waals surface area contributed by atoms with E-state index in [1.807, 2.05) is 42.5 Å². The quantitative estimate of drug-likeness (QED) is 0.644. The highest BCUT2D eigenvalue weighted by Crippen LogP contribution is 2.34. The number of benzene rings is 1. The Balaban J connectivity index is 2.04. The molecule has 1 aliphatic carbocycles. The fraction of sp³-hybridized carbons (Fsp3) is 0.400. The van der Waals surface area contributed by atoms with E-state index in [0.717, 1.165) is 5.75 Å². The molecule has 1 aliphatic rings. The van der Waals surface area contributed by atoms with Crippen LogP contribution in [0.5, 0.6) is 0 Å². The van der Waals surface area contributed by atoms with Crippen LogP contribution in [0, 0.1) is 5.41 Å². The predicted molar refractivity (Wildman–Crippen MR) is 106 cm³/mol. The van der Waals surface area contributed by atoms with E-state index in [9.17, 15) is 9.59 Å². The van der Waals surface area contributed by atoms with Crippen LogP contribution in [-0.2, 0) is 20.1 Å². The molecule has 0 heterocycles. The van der Waals surface area contributed by atoms with Crippen LogP contribution in [-0.4, -0.2) is 36.2 Å². The van der Waals surface area contributed by atoms with Gasteiger partial charge in [-0.05, 0) is 18.9 Å². The van der Waals surface area contributed by atoms with Gasteiger partial charge in [-0.15, -0.1) is 0 Å². The van der Waals surface area contributed by atoms with Crippen molar-refractivity contribution >= 4 is 23.5 Å². The van der Waals surface area contributed by atoms with E-state index in [-0.39, 0.29) is 12.4 Å². The summed E-state index contributed by atoms with van der Waals surface area (Å²) < 4.78 is 5.03. The van der Waals surface area contributed by atoms with E-state index in [0.29, 0.717) is 12.2 Å². The van der Waals surface area contributed by atoms with Crippen molar-refractivity contribution in [2.75, 3.05) is 12.4 Å². The fourth-order valence-electron chi connectivity index (χ4n) is 2.94. The van der Waals surface area contributed by atoms with Crippen molar-refractivity contribution in [3.05, 3.63) is 60.2 Å². The molecule has 0 aliphatic heterocycles. The normalized spacial score (nSPS) is 21.2. The zero-order valence-electron chi connectivity index (χ0n) is 15.0. The van der Waals surface area contributed by atoms with Gasteiger partial charge in [0.2, 0.25) is 0 Å². The summed E-state index contributed by atoms with van der Waals surface area (Å²) in [4.78, 5) is 25.3. The molecule has 26 heavy (non-hydrogen) atoms. The van der Waals surface area contributed by atoms with E-state index in [1.54, 1.807) is 30.8 Å². The Morgan fingerprint density at radius 2 is 1.96 bits per heavy atom. The number of carbonyl (C=O) groups excluding carboxylic acids is 2. The summed E-state index contributed by atoms with van der Waals surface area (Å²) >= 11 is 1.59.